The molecule has 0 aliphatic rings. The van der Waals surface area contributed by atoms with Crippen molar-refractivity contribution in [3.8, 4) is 0 Å². The van der Waals surface area contributed by atoms with Gasteiger partial charge >= 0.3 is 0 Å². The molecule has 2 N–H and O–H groups in total. The van der Waals surface area contributed by atoms with Gasteiger partial charge in [0.2, 0.25) is 0 Å². The highest BCUT2D eigenvalue weighted by atomic mass is 16.3. The van der Waals surface area contributed by atoms with Gasteiger partial charge in [-0.25, -0.2) is 0 Å². The van der Waals surface area contributed by atoms with E-state index >= 15 is 0 Å². The summed E-state index contributed by atoms with van der Waals surface area (Å²) < 4.78 is 0. The third-order valence-corrected chi connectivity index (χ3v) is 2.89. The summed E-state index contributed by atoms with van der Waals surface area (Å²) in [5.74, 6) is 0.694. The van der Waals surface area contributed by atoms with Gasteiger partial charge in [0.05, 0.1) is 0 Å². The number of benzene rings is 1. The predicted octanol–water partition coefficient (Wildman–Crippen LogP) is 2.96. The highest BCUT2D eigenvalue weighted by Gasteiger charge is 2.03. The van der Waals surface area contributed by atoms with Crippen LogP contribution in [0.1, 0.15) is 38.7 Å². The van der Waals surface area contributed by atoms with E-state index < -0.39 is 0 Å². The molecule has 0 bridgehead atoms. The number of hydrogen-bond donors (Lipinski definition) is 2. The molecule has 0 fully saturated rings. The summed E-state index contributed by atoms with van der Waals surface area (Å²) in [7, 11) is 0. The molecular weight excluding hydrogens is 210 g/mol. The normalized spacial score (nSPS) is 12.9. The third-order valence-electron chi connectivity index (χ3n) is 2.89. The van der Waals surface area contributed by atoms with Gasteiger partial charge in [0.1, 0.15) is 6.23 Å². The number of nitrogens with one attached hydrogen (secondary N) is 1. The third kappa shape index (κ3) is 7.14. The van der Waals surface area contributed by atoms with Crippen molar-refractivity contribution in [2.75, 3.05) is 6.54 Å². The van der Waals surface area contributed by atoms with Crippen LogP contribution in [0.15, 0.2) is 30.3 Å². The number of rotatable bonds is 8. The van der Waals surface area contributed by atoms with Gasteiger partial charge < -0.3 is 5.11 Å². The Labute approximate surface area is 105 Å². The Balaban J connectivity index is 2.06. The van der Waals surface area contributed by atoms with Crippen molar-refractivity contribution >= 4 is 0 Å². The van der Waals surface area contributed by atoms with E-state index in [4.69, 9.17) is 0 Å². The van der Waals surface area contributed by atoms with Gasteiger partial charge in [-0.3, -0.25) is 5.32 Å². The Morgan fingerprint density at radius 1 is 1.12 bits per heavy atom. The standard InChI is InChI=1S/C15H25NO/c1-13(2)11-12-16-15(17)10-6-9-14-7-4-3-5-8-14/h3-5,7-8,13,15-17H,6,9-12H2,1-2H3/t15-/m1/s1. The van der Waals surface area contributed by atoms with Gasteiger partial charge in [-0.1, -0.05) is 44.2 Å². The highest BCUT2D eigenvalue weighted by molar-refractivity contribution is 5.14. The van der Waals surface area contributed by atoms with Gasteiger partial charge in [-0.15, -0.1) is 0 Å². The summed E-state index contributed by atoms with van der Waals surface area (Å²) in [6, 6.07) is 10.4. The van der Waals surface area contributed by atoms with Crippen LogP contribution in [0.3, 0.4) is 0 Å². The van der Waals surface area contributed by atoms with Crippen LogP contribution in [0, 0.1) is 5.92 Å². The number of aryl methyl sites for hydroxylation is 1. The minimum Gasteiger partial charge on any atom is -0.379 e. The van der Waals surface area contributed by atoms with Crippen molar-refractivity contribution < 1.29 is 5.11 Å². The average molecular weight is 235 g/mol. The van der Waals surface area contributed by atoms with E-state index in [-0.39, 0.29) is 6.23 Å². The zero-order chi connectivity index (χ0) is 12.5. The fraction of sp³-hybridized carbons (Fsp3) is 0.600. The molecule has 96 valence electrons. The lowest BCUT2D eigenvalue weighted by Crippen LogP contribution is -2.30. The Hall–Kier alpha value is -0.860. The second kappa shape index (κ2) is 8.26. The zero-order valence-electron chi connectivity index (χ0n) is 11.0. The molecule has 17 heavy (non-hydrogen) atoms. The molecule has 0 radical (unpaired) electrons. The second-order valence-corrected chi connectivity index (χ2v) is 5.03. The molecule has 0 amide bonds. The minimum atomic E-state index is -0.350. The Morgan fingerprint density at radius 2 is 1.82 bits per heavy atom. The van der Waals surface area contributed by atoms with Crippen molar-refractivity contribution in [2.45, 2.75) is 45.8 Å². The molecule has 1 rings (SSSR count). The average Bonchev–Trinajstić information content (AvgIpc) is 2.30. The van der Waals surface area contributed by atoms with E-state index in [1.165, 1.54) is 5.56 Å². The van der Waals surface area contributed by atoms with Crippen molar-refractivity contribution in [1.82, 2.24) is 5.32 Å². The molecule has 0 spiro atoms. The lowest BCUT2D eigenvalue weighted by molar-refractivity contribution is 0.124. The fourth-order valence-corrected chi connectivity index (χ4v) is 1.78. The maximum atomic E-state index is 9.73. The zero-order valence-corrected chi connectivity index (χ0v) is 11.0. The molecule has 1 aromatic rings. The molecule has 2 nitrogen and oxygen atoms in total. The predicted molar refractivity (Wildman–Crippen MR) is 72.8 cm³/mol. The summed E-state index contributed by atoms with van der Waals surface area (Å²) in [5.41, 5.74) is 1.35. The van der Waals surface area contributed by atoms with Crippen LogP contribution in [-0.2, 0) is 6.42 Å². The first kappa shape index (κ1) is 14.2. The minimum absolute atomic E-state index is 0.350. The monoisotopic (exact) mass is 235 g/mol. The maximum absolute atomic E-state index is 9.73. The van der Waals surface area contributed by atoms with Gasteiger partial charge in [-0.2, -0.15) is 0 Å². The molecule has 0 saturated heterocycles. The van der Waals surface area contributed by atoms with Crippen LogP contribution in [0.4, 0.5) is 0 Å². The molecule has 0 saturated carbocycles. The lowest BCUT2D eigenvalue weighted by atomic mass is 10.1. The summed E-state index contributed by atoms with van der Waals surface area (Å²) in [5, 5.41) is 12.9. The molecule has 1 atom stereocenters. The summed E-state index contributed by atoms with van der Waals surface area (Å²) in [6.45, 7) is 5.30. The van der Waals surface area contributed by atoms with E-state index in [1.807, 2.05) is 6.07 Å². The van der Waals surface area contributed by atoms with E-state index in [0.717, 1.165) is 32.2 Å². The molecule has 2 heteroatoms. The van der Waals surface area contributed by atoms with Gasteiger partial charge in [0, 0.05) is 0 Å². The van der Waals surface area contributed by atoms with Gasteiger partial charge in [-0.05, 0) is 43.7 Å². The van der Waals surface area contributed by atoms with Crippen LogP contribution < -0.4 is 5.32 Å². The van der Waals surface area contributed by atoms with E-state index in [9.17, 15) is 5.11 Å². The first-order chi connectivity index (χ1) is 8.18. The molecule has 0 aliphatic heterocycles. The van der Waals surface area contributed by atoms with Crippen molar-refractivity contribution in [3.05, 3.63) is 35.9 Å². The molecule has 0 aromatic heterocycles. The first-order valence-corrected chi connectivity index (χ1v) is 6.64. The number of aliphatic hydroxyl groups excluding tert-OH is 1. The van der Waals surface area contributed by atoms with E-state index in [1.54, 1.807) is 0 Å². The van der Waals surface area contributed by atoms with Crippen molar-refractivity contribution in [3.63, 3.8) is 0 Å². The van der Waals surface area contributed by atoms with Crippen LogP contribution in [0.5, 0.6) is 0 Å². The maximum Gasteiger partial charge on any atom is 0.104 e. The SMILES string of the molecule is CC(C)CCN[C@H](O)CCCc1ccccc1. The quantitative estimate of drug-likeness (QED) is 0.679. The van der Waals surface area contributed by atoms with E-state index in [2.05, 4.69) is 43.4 Å². The van der Waals surface area contributed by atoms with Gasteiger partial charge in [0.25, 0.3) is 0 Å². The van der Waals surface area contributed by atoms with Crippen molar-refractivity contribution in [1.29, 1.82) is 0 Å². The summed E-state index contributed by atoms with van der Waals surface area (Å²) >= 11 is 0. The first-order valence-electron chi connectivity index (χ1n) is 6.64. The van der Waals surface area contributed by atoms with Crippen molar-refractivity contribution in [2.24, 2.45) is 5.92 Å². The Bertz CT molecular complexity index is 284. The van der Waals surface area contributed by atoms with Crippen LogP contribution in [0.25, 0.3) is 0 Å². The van der Waals surface area contributed by atoms with E-state index in [0.29, 0.717) is 5.92 Å². The van der Waals surface area contributed by atoms with Crippen LogP contribution in [0.2, 0.25) is 0 Å². The van der Waals surface area contributed by atoms with Crippen LogP contribution in [-0.4, -0.2) is 17.9 Å². The second-order valence-electron chi connectivity index (χ2n) is 5.03. The molecule has 0 unspecified atom stereocenters. The molecular formula is C15H25NO. The fourth-order valence-electron chi connectivity index (χ4n) is 1.78. The molecule has 0 aliphatic carbocycles. The topological polar surface area (TPSA) is 32.3 Å². The smallest absolute Gasteiger partial charge is 0.104 e. The lowest BCUT2D eigenvalue weighted by Gasteiger charge is -2.13. The summed E-state index contributed by atoms with van der Waals surface area (Å²) in [4.78, 5) is 0. The summed E-state index contributed by atoms with van der Waals surface area (Å²) in [6.07, 6.45) is 3.67. The number of aliphatic hydroxyl groups is 1. The highest BCUT2D eigenvalue weighted by Crippen LogP contribution is 2.06. The molecule has 0 heterocycles. The number of hydrogen-bond acceptors (Lipinski definition) is 2. The van der Waals surface area contributed by atoms with Crippen LogP contribution >= 0.6 is 0 Å². The Kier molecular flexibility index (Phi) is 6.90. The molecule has 1 aromatic carbocycles. The van der Waals surface area contributed by atoms with Gasteiger partial charge in [0.15, 0.2) is 0 Å². The largest absolute Gasteiger partial charge is 0.379 e. The Morgan fingerprint density at radius 3 is 2.47 bits per heavy atom.